The van der Waals surface area contributed by atoms with E-state index in [2.05, 4.69) is 43.0 Å². The monoisotopic (exact) mass is 426 g/mol. The van der Waals surface area contributed by atoms with Gasteiger partial charge in [0.2, 0.25) is 5.95 Å². The average molecular weight is 427 g/mol. The Labute approximate surface area is 180 Å². The Morgan fingerprint density at radius 1 is 1.10 bits per heavy atom. The van der Waals surface area contributed by atoms with Crippen LogP contribution in [0.2, 0.25) is 0 Å². The number of nitrogens with one attached hydrogen (secondary N) is 1. The Morgan fingerprint density at radius 3 is 2.63 bits per heavy atom. The molecule has 0 unspecified atom stereocenters. The predicted octanol–water partition coefficient (Wildman–Crippen LogP) is 2.28. The second-order valence-electron chi connectivity index (χ2n) is 8.05. The molecule has 0 bridgehead atoms. The zero-order valence-electron chi connectivity index (χ0n) is 16.4. The lowest BCUT2D eigenvalue weighted by molar-refractivity contribution is 0.0119. The van der Waals surface area contributed by atoms with Crippen molar-refractivity contribution in [2.75, 3.05) is 31.1 Å². The number of carbonyl (C=O) groups excluding carboxylic acids is 1. The fourth-order valence-corrected chi connectivity index (χ4v) is 4.59. The van der Waals surface area contributed by atoms with Crippen LogP contribution >= 0.6 is 12.4 Å². The van der Waals surface area contributed by atoms with Gasteiger partial charge in [-0.2, -0.15) is 0 Å². The fourth-order valence-electron chi connectivity index (χ4n) is 4.59. The standard InChI is InChI=1S/C21H22N6O2.ClH/c28-19(25-29)16-9-23-20(24-10-16)27-6-5-21(14-27)12-26(13-21)11-17-8-22-7-15-3-1-2-4-18(15)17;/h1-4,7-10,29H,5-6,11-14H2,(H,25,28);1H. The number of rotatable bonds is 4. The predicted molar refractivity (Wildman–Crippen MR) is 115 cm³/mol. The van der Waals surface area contributed by atoms with Crippen molar-refractivity contribution in [1.29, 1.82) is 0 Å². The minimum atomic E-state index is -0.605. The van der Waals surface area contributed by atoms with Crippen molar-refractivity contribution in [1.82, 2.24) is 25.3 Å². The van der Waals surface area contributed by atoms with E-state index in [1.165, 1.54) is 28.7 Å². The second-order valence-corrected chi connectivity index (χ2v) is 8.05. The summed E-state index contributed by atoms with van der Waals surface area (Å²) in [7, 11) is 0. The van der Waals surface area contributed by atoms with E-state index in [1.807, 2.05) is 18.5 Å². The van der Waals surface area contributed by atoms with Gasteiger partial charge in [-0.15, -0.1) is 12.4 Å². The second kappa shape index (κ2) is 8.14. The number of amides is 1. The third kappa shape index (κ3) is 3.69. The lowest BCUT2D eigenvalue weighted by Crippen LogP contribution is -2.56. The summed E-state index contributed by atoms with van der Waals surface area (Å²) in [6, 6.07) is 8.39. The molecule has 2 aliphatic rings. The van der Waals surface area contributed by atoms with Crippen molar-refractivity contribution in [3.8, 4) is 0 Å². The van der Waals surface area contributed by atoms with Crippen LogP contribution in [0.5, 0.6) is 0 Å². The molecule has 0 radical (unpaired) electrons. The smallest absolute Gasteiger partial charge is 0.277 e. The SMILES string of the molecule is Cl.O=C(NO)c1cnc(N2CCC3(CN(Cc4cncc5ccccc45)C3)C2)nc1. The third-order valence-corrected chi connectivity index (χ3v) is 5.99. The van der Waals surface area contributed by atoms with E-state index in [9.17, 15) is 4.79 Å². The van der Waals surface area contributed by atoms with Crippen LogP contribution in [-0.2, 0) is 6.54 Å². The summed E-state index contributed by atoms with van der Waals surface area (Å²) in [6.45, 7) is 4.85. The van der Waals surface area contributed by atoms with Gasteiger partial charge in [-0.05, 0) is 17.4 Å². The summed E-state index contributed by atoms with van der Waals surface area (Å²) in [5, 5.41) is 11.2. The van der Waals surface area contributed by atoms with E-state index >= 15 is 0 Å². The van der Waals surface area contributed by atoms with Gasteiger partial charge in [0, 0.05) is 68.3 Å². The molecule has 156 valence electrons. The minimum absolute atomic E-state index is 0. The zero-order chi connectivity index (χ0) is 19.8. The summed E-state index contributed by atoms with van der Waals surface area (Å²) in [5.41, 5.74) is 3.39. The molecule has 30 heavy (non-hydrogen) atoms. The molecule has 2 aliphatic heterocycles. The Morgan fingerprint density at radius 2 is 1.87 bits per heavy atom. The number of pyridine rings is 1. The molecule has 0 atom stereocenters. The summed E-state index contributed by atoms with van der Waals surface area (Å²) in [5.74, 6) is 0.0278. The number of hydrogen-bond donors (Lipinski definition) is 2. The van der Waals surface area contributed by atoms with E-state index in [1.54, 1.807) is 5.48 Å². The first-order chi connectivity index (χ1) is 14.2. The van der Waals surface area contributed by atoms with Gasteiger partial charge < -0.3 is 4.90 Å². The number of hydrogen-bond acceptors (Lipinski definition) is 7. The summed E-state index contributed by atoms with van der Waals surface area (Å²) in [4.78, 5) is 29.0. The molecule has 1 aromatic carbocycles. The number of nitrogens with zero attached hydrogens (tertiary/aromatic N) is 5. The normalized spacial score (nSPS) is 17.6. The van der Waals surface area contributed by atoms with Crippen LogP contribution in [0, 0.1) is 5.41 Å². The molecule has 1 amide bonds. The number of carbonyl (C=O) groups is 1. The highest BCUT2D eigenvalue weighted by Gasteiger charge is 2.48. The number of anilines is 1. The summed E-state index contributed by atoms with van der Waals surface area (Å²) in [6.07, 6.45) is 7.89. The number of hydroxylamine groups is 1. The maximum Gasteiger partial charge on any atom is 0.277 e. The first-order valence-corrected chi connectivity index (χ1v) is 9.71. The molecule has 9 heteroatoms. The number of fused-ring (bicyclic) bond motifs is 1. The van der Waals surface area contributed by atoms with Gasteiger partial charge in [0.15, 0.2) is 0 Å². The van der Waals surface area contributed by atoms with Gasteiger partial charge in [-0.3, -0.25) is 19.9 Å². The van der Waals surface area contributed by atoms with Crippen molar-refractivity contribution < 1.29 is 10.0 Å². The Balaban J connectivity index is 0.00000218. The highest BCUT2D eigenvalue weighted by Crippen LogP contribution is 2.41. The van der Waals surface area contributed by atoms with Gasteiger partial charge in [-0.1, -0.05) is 24.3 Å². The van der Waals surface area contributed by atoms with Crippen molar-refractivity contribution >= 4 is 35.0 Å². The molecular weight excluding hydrogens is 404 g/mol. The lowest BCUT2D eigenvalue weighted by Gasteiger charge is -2.48. The van der Waals surface area contributed by atoms with Crippen molar-refractivity contribution in [3.63, 3.8) is 0 Å². The number of halogens is 1. The number of benzene rings is 1. The van der Waals surface area contributed by atoms with E-state index < -0.39 is 5.91 Å². The quantitative estimate of drug-likeness (QED) is 0.488. The lowest BCUT2D eigenvalue weighted by atomic mass is 9.79. The van der Waals surface area contributed by atoms with Crippen LogP contribution in [0.15, 0.2) is 49.1 Å². The maximum atomic E-state index is 11.4. The molecule has 2 N–H and O–H groups in total. The van der Waals surface area contributed by atoms with Crippen molar-refractivity contribution in [2.24, 2.45) is 5.41 Å². The first kappa shape index (κ1) is 20.5. The van der Waals surface area contributed by atoms with Gasteiger partial charge in [0.25, 0.3) is 5.91 Å². The maximum absolute atomic E-state index is 11.4. The average Bonchev–Trinajstić information content (AvgIpc) is 3.19. The highest BCUT2D eigenvalue weighted by atomic mass is 35.5. The molecule has 3 aromatic rings. The van der Waals surface area contributed by atoms with Gasteiger partial charge >= 0.3 is 0 Å². The minimum Gasteiger partial charge on any atom is -0.340 e. The Hall–Kier alpha value is -2.81. The molecule has 2 fully saturated rings. The van der Waals surface area contributed by atoms with E-state index in [0.717, 1.165) is 39.1 Å². The van der Waals surface area contributed by atoms with Gasteiger partial charge in [0.05, 0.1) is 5.56 Å². The number of likely N-dealkylation sites (tertiary alicyclic amines) is 1. The fraction of sp³-hybridized carbons (Fsp3) is 0.333. The molecule has 4 heterocycles. The van der Waals surface area contributed by atoms with Gasteiger partial charge in [-0.25, -0.2) is 15.4 Å². The van der Waals surface area contributed by atoms with E-state index in [4.69, 9.17) is 5.21 Å². The number of aromatic nitrogens is 3. The molecule has 2 saturated heterocycles. The molecule has 8 nitrogen and oxygen atoms in total. The first-order valence-electron chi connectivity index (χ1n) is 9.71. The molecule has 0 aliphatic carbocycles. The van der Waals surface area contributed by atoms with Gasteiger partial charge in [0.1, 0.15) is 0 Å². The molecule has 1 spiro atoms. The Bertz CT molecular complexity index is 1050. The zero-order valence-corrected chi connectivity index (χ0v) is 17.2. The van der Waals surface area contributed by atoms with Crippen LogP contribution in [0.3, 0.4) is 0 Å². The largest absolute Gasteiger partial charge is 0.340 e. The molecular formula is C21H23ClN6O2. The molecule has 2 aromatic heterocycles. The van der Waals surface area contributed by atoms with E-state index in [0.29, 0.717) is 5.95 Å². The summed E-state index contributed by atoms with van der Waals surface area (Å²) < 4.78 is 0. The van der Waals surface area contributed by atoms with Crippen LogP contribution in [0.1, 0.15) is 22.3 Å². The molecule has 5 rings (SSSR count). The summed E-state index contributed by atoms with van der Waals surface area (Å²) >= 11 is 0. The van der Waals surface area contributed by atoms with Crippen LogP contribution in [-0.4, -0.2) is 57.1 Å². The van der Waals surface area contributed by atoms with Crippen LogP contribution < -0.4 is 10.4 Å². The van der Waals surface area contributed by atoms with E-state index in [-0.39, 0.29) is 23.4 Å². The molecule has 0 saturated carbocycles. The van der Waals surface area contributed by atoms with Crippen molar-refractivity contribution in [3.05, 3.63) is 60.2 Å². The van der Waals surface area contributed by atoms with Crippen LogP contribution in [0.25, 0.3) is 10.8 Å². The Kier molecular flexibility index (Phi) is 5.55. The van der Waals surface area contributed by atoms with Crippen molar-refractivity contribution in [2.45, 2.75) is 13.0 Å². The highest BCUT2D eigenvalue weighted by molar-refractivity contribution is 5.92. The third-order valence-electron chi connectivity index (χ3n) is 5.99. The topological polar surface area (TPSA) is 94.5 Å². The van der Waals surface area contributed by atoms with Crippen LogP contribution in [0.4, 0.5) is 5.95 Å².